The molecule has 0 spiro atoms. The van der Waals surface area contributed by atoms with Crippen molar-refractivity contribution in [2.45, 2.75) is 76.8 Å². The van der Waals surface area contributed by atoms with Crippen molar-refractivity contribution in [1.82, 2.24) is 20.4 Å². The number of rotatable bonds is 6. The highest BCUT2D eigenvalue weighted by molar-refractivity contribution is 5.96. The van der Waals surface area contributed by atoms with Gasteiger partial charge in [0.2, 0.25) is 23.6 Å². The molecule has 0 bridgehead atoms. The number of carbonyl (C=O) groups is 5. The molecule has 2 aliphatic rings. The van der Waals surface area contributed by atoms with Crippen molar-refractivity contribution in [3.63, 3.8) is 0 Å². The number of nitrogens with zero attached hydrogens (tertiary/aromatic N) is 2. The Kier molecular flexibility index (Phi) is 7.66. The molecule has 0 aliphatic carbocycles. The molecule has 0 unspecified atom stereocenters. The number of hydrogen-bond acceptors (Lipinski definition) is 5. The van der Waals surface area contributed by atoms with E-state index >= 15 is 0 Å². The second-order valence-corrected chi connectivity index (χ2v) is 7.88. The zero-order chi connectivity index (χ0) is 23.5. The molecule has 4 atom stereocenters. The minimum absolute atomic E-state index is 0.196. The van der Waals surface area contributed by atoms with Crippen LogP contribution < -0.4 is 10.6 Å². The van der Waals surface area contributed by atoms with Crippen LogP contribution in [0.2, 0.25) is 0 Å². The third-order valence-corrected chi connectivity index (χ3v) is 5.56. The van der Waals surface area contributed by atoms with Crippen LogP contribution in [0, 0.1) is 0 Å². The van der Waals surface area contributed by atoms with Crippen molar-refractivity contribution < 1.29 is 37.1 Å². The summed E-state index contributed by atoms with van der Waals surface area (Å²) in [6.07, 6.45) is -3.25. The number of carbonyl (C=O) groups excluding carboxylic acids is 5. The van der Waals surface area contributed by atoms with Gasteiger partial charge in [-0.2, -0.15) is 13.2 Å². The number of Topliss-reactive ketones (excluding diaryl/α,β-unsaturated/α-hetero) is 1. The summed E-state index contributed by atoms with van der Waals surface area (Å²) in [4.78, 5) is 63.3. The Labute approximate surface area is 177 Å². The minimum atomic E-state index is -5.08. The van der Waals surface area contributed by atoms with Crippen LogP contribution in [0.25, 0.3) is 0 Å². The van der Waals surface area contributed by atoms with Crippen LogP contribution in [0.4, 0.5) is 13.2 Å². The van der Waals surface area contributed by atoms with Crippen molar-refractivity contribution in [1.29, 1.82) is 0 Å². The molecule has 0 aromatic rings. The first-order chi connectivity index (χ1) is 14.3. The summed E-state index contributed by atoms with van der Waals surface area (Å²) in [6.45, 7) is 4.38. The molecule has 2 N–H and O–H groups in total. The highest BCUT2D eigenvalue weighted by Crippen LogP contribution is 2.22. The summed E-state index contributed by atoms with van der Waals surface area (Å²) in [6, 6.07) is -4.47. The van der Waals surface area contributed by atoms with E-state index in [1.54, 1.807) is 0 Å². The molecule has 2 aliphatic heterocycles. The van der Waals surface area contributed by atoms with E-state index in [2.05, 4.69) is 5.32 Å². The van der Waals surface area contributed by atoms with Crippen molar-refractivity contribution >= 4 is 29.4 Å². The number of alkyl halides is 3. The molecule has 0 saturated carbocycles. The van der Waals surface area contributed by atoms with Gasteiger partial charge in [-0.15, -0.1) is 0 Å². The predicted molar refractivity (Wildman–Crippen MR) is 101 cm³/mol. The summed E-state index contributed by atoms with van der Waals surface area (Å²) in [5.74, 6) is -4.21. The number of ketones is 1. The van der Waals surface area contributed by atoms with Gasteiger partial charge in [0.05, 0.1) is 6.04 Å². The lowest BCUT2D eigenvalue weighted by Crippen LogP contribution is -2.56. The van der Waals surface area contributed by atoms with E-state index in [0.717, 1.165) is 6.92 Å². The second kappa shape index (κ2) is 9.65. The van der Waals surface area contributed by atoms with Crippen LogP contribution in [0.5, 0.6) is 0 Å². The largest absolute Gasteiger partial charge is 0.452 e. The Hall–Kier alpha value is -2.66. The van der Waals surface area contributed by atoms with E-state index in [1.807, 2.05) is 5.32 Å². The zero-order valence-corrected chi connectivity index (χ0v) is 17.6. The quantitative estimate of drug-likeness (QED) is 0.599. The van der Waals surface area contributed by atoms with Crippen molar-refractivity contribution in [2.24, 2.45) is 0 Å². The molecule has 2 rings (SSSR count). The first-order valence-corrected chi connectivity index (χ1v) is 10.1. The standard InChI is InChI=1S/C19H27F3N4O5/c1-10(15(28)19(20,21)22)23-17(30)14-7-5-9-26(14)18(31)11(2)24-16(29)13-6-4-8-25(13)12(3)27/h10-11,13-14H,4-9H2,1-3H3,(H,23,30)(H,24,29)/t10-,11-,13-,14-/m0/s1. The van der Waals surface area contributed by atoms with Gasteiger partial charge in [0, 0.05) is 20.0 Å². The van der Waals surface area contributed by atoms with E-state index in [9.17, 15) is 37.1 Å². The first-order valence-electron chi connectivity index (χ1n) is 10.1. The molecule has 0 aromatic heterocycles. The van der Waals surface area contributed by atoms with Crippen LogP contribution in [0.1, 0.15) is 46.5 Å². The van der Waals surface area contributed by atoms with Gasteiger partial charge in [0.25, 0.3) is 5.78 Å². The van der Waals surface area contributed by atoms with Gasteiger partial charge in [-0.25, -0.2) is 0 Å². The van der Waals surface area contributed by atoms with E-state index < -0.39 is 53.8 Å². The summed E-state index contributed by atoms with van der Waals surface area (Å²) >= 11 is 0. The Morgan fingerprint density at radius 2 is 1.29 bits per heavy atom. The third-order valence-electron chi connectivity index (χ3n) is 5.56. The lowest BCUT2D eigenvalue weighted by Gasteiger charge is -2.29. The molecule has 2 fully saturated rings. The summed E-state index contributed by atoms with van der Waals surface area (Å²) in [5, 5.41) is 4.58. The molecule has 2 heterocycles. The second-order valence-electron chi connectivity index (χ2n) is 7.88. The number of nitrogens with one attached hydrogen (secondary N) is 2. The fraction of sp³-hybridized carbons (Fsp3) is 0.737. The lowest BCUT2D eigenvalue weighted by atomic mass is 10.1. The van der Waals surface area contributed by atoms with Crippen molar-refractivity contribution in [3.8, 4) is 0 Å². The average Bonchev–Trinajstić information content (AvgIpc) is 3.35. The van der Waals surface area contributed by atoms with E-state index in [1.165, 1.54) is 23.6 Å². The van der Waals surface area contributed by atoms with E-state index in [-0.39, 0.29) is 18.9 Å². The number of halogens is 3. The van der Waals surface area contributed by atoms with Crippen LogP contribution in [-0.4, -0.2) is 82.6 Å². The van der Waals surface area contributed by atoms with Crippen molar-refractivity contribution in [2.75, 3.05) is 13.1 Å². The lowest BCUT2D eigenvalue weighted by molar-refractivity contribution is -0.173. The fourth-order valence-electron chi connectivity index (χ4n) is 3.96. The zero-order valence-electron chi connectivity index (χ0n) is 17.6. The normalized spacial score (nSPS) is 23.3. The van der Waals surface area contributed by atoms with Crippen LogP contribution in [0.3, 0.4) is 0 Å². The highest BCUT2D eigenvalue weighted by atomic mass is 19.4. The predicted octanol–water partition coefficient (Wildman–Crippen LogP) is 0.129. The molecule has 4 amide bonds. The Balaban J connectivity index is 1.98. The van der Waals surface area contributed by atoms with E-state index in [4.69, 9.17) is 0 Å². The van der Waals surface area contributed by atoms with Gasteiger partial charge in [0.1, 0.15) is 18.1 Å². The fourth-order valence-corrected chi connectivity index (χ4v) is 3.96. The molecule has 0 radical (unpaired) electrons. The number of hydrogen-bond donors (Lipinski definition) is 2. The third kappa shape index (κ3) is 5.73. The molecule has 12 heteroatoms. The topological polar surface area (TPSA) is 116 Å². The maximum absolute atomic E-state index is 12.8. The van der Waals surface area contributed by atoms with Gasteiger partial charge in [-0.1, -0.05) is 0 Å². The Morgan fingerprint density at radius 1 is 0.839 bits per heavy atom. The smallest absolute Gasteiger partial charge is 0.344 e. The minimum Gasteiger partial charge on any atom is -0.344 e. The first kappa shape index (κ1) is 24.6. The Morgan fingerprint density at radius 3 is 1.77 bits per heavy atom. The molecular formula is C19H27F3N4O5. The monoisotopic (exact) mass is 448 g/mol. The Bertz CT molecular complexity index is 757. The van der Waals surface area contributed by atoms with Gasteiger partial charge in [0.15, 0.2) is 0 Å². The molecule has 31 heavy (non-hydrogen) atoms. The molecular weight excluding hydrogens is 421 g/mol. The SMILES string of the molecule is CC(=O)N1CCC[C@H]1C(=O)N[C@@H](C)C(=O)N1CCC[C@H]1C(=O)N[C@@H](C)C(=O)C(F)(F)F. The molecule has 0 aromatic carbocycles. The number of likely N-dealkylation sites (tertiary alicyclic amines) is 2. The van der Waals surface area contributed by atoms with Crippen LogP contribution >= 0.6 is 0 Å². The summed E-state index contributed by atoms with van der Waals surface area (Å²) in [7, 11) is 0. The summed E-state index contributed by atoms with van der Waals surface area (Å²) < 4.78 is 37.6. The van der Waals surface area contributed by atoms with Gasteiger partial charge < -0.3 is 20.4 Å². The van der Waals surface area contributed by atoms with Gasteiger partial charge in [-0.05, 0) is 39.5 Å². The van der Waals surface area contributed by atoms with Crippen molar-refractivity contribution in [3.05, 3.63) is 0 Å². The van der Waals surface area contributed by atoms with Gasteiger partial charge >= 0.3 is 6.18 Å². The van der Waals surface area contributed by atoms with Crippen LogP contribution in [-0.2, 0) is 24.0 Å². The van der Waals surface area contributed by atoms with E-state index in [0.29, 0.717) is 25.8 Å². The molecule has 174 valence electrons. The maximum atomic E-state index is 12.8. The molecule has 2 saturated heterocycles. The highest BCUT2D eigenvalue weighted by Gasteiger charge is 2.44. The van der Waals surface area contributed by atoms with Gasteiger partial charge in [-0.3, -0.25) is 24.0 Å². The summed E-state index contributed by atoms with van der Waals surface area (Å²) in [5.41, 5.74) is 0. The maximum Gasteiger partial charge on any atom is 0.452 e. The van der Waals surface area contributed by atoms with Crippen LogP contribution in [0.15, 0.2) is 0 Å². The number of amides is 4. The average molecular weight is 448 g/mol. The molecule has 9 nitrogen and oxygen atoms in total.